The number of aromatic nitrogens is 2. The van der Waals surface area contributed by atoms with Crippen molar-refractivity contribution in [3.8, 4) is 0 Å². The smallest absolute Gasteiger partial charge is 0.0597 e. The quantitative estimate of drug-likeness (QED) is 0.854. The normalized spacial score (nSPS) is 20.1. The van der Waals surface area contributed by atoms with Crippen molar-refractivity contribution in [2.24, 2.45) is 7.05 Å². The van der Waals surface area contributed by atoms with Gasteiger partial charge < -0.3 is 5.32 Å². The van der Waals surface area contributed by atoms with Gasteiger partial charge in [-0.25, -0.2) is 0 Å². The summed E-state index contributed by atoms with van der Waals surface area (Å²) >= 11 is 0. The Bertz CT molecular complexity index is 379. The molecule has 1 atom stereocenters. The predicted octanol–water partition coefficient (Wildman–Crippen LogP) is 2.08. The number of aryl methyl sites for hydroxylation is 2. The lowest BCUT2D eigenvalue weighted by Gasteiger charge is -2.30. The summed E-state index contributed by atoms with van der Waals surface area (Å²) in [7, 11) is 2.05. The maximum absolute atomic E-state index is 4.45. The summed E-state index contributed by atoms with van der Waals surface area (Å²) in [5.74, 6) is 0. The van der Waals surface area contributed by atoms with Crippen molar-refractivity contribution >= 4 is 0 Å². The van der Waals surface area contributed by atoms with Crippen molar-refractivity contribution in [2.45, 2.75) is 52.1 Å². The second kappa shape index (κ2) is 7.06. The van der Waals surface area contributed by atoms with Crippen LogP contribution in [0.3, 0.4) is 0 Å². The number of nitrogens with one attached hydrogen (secondary N) is 1. The third-order valence-electron chi connectivity index (χ3n) is 3.92. The molecule has 2 rings (SSSR count). The van der Waals surface area contributed by atoms with E-state index < -0.39 is 0 Å². The summed E-state index contributed by atoms with van der Waals surface area (Å²) in [6.07, 6.45) is 5.25. The molecule has 4 heteroatoms. The number of rotatable bonds is 6. The lowest BCUT2D eigenvalue weighted by molar-refractivity contribution is 0.213. The molecule has 0 bridgehead atoms. The van der Waals surface area contributed by atoms with Crippen LogP contribution in [0.1, 0.15) is 44.0 Å². The van der Waals surface area contributed by atoms with E-state index in [9.17, 15) is 0 Å². The molecule has 0 spiro atoms. The van der Waals surface area contributed by atoms with Gasteiger partial charge in [0.15, 0.2) is 0 Å². The van der Waals surface area contributed by atoms with Crippen LogP contribution in [0.15, 0.2) is 6.07 Å². The number of hydrogen-bond acceptors (Lipinski definition) is 3. The summed E-state index contributed by atoms with van der Waals surface area (Å²) in [6.45, 7) is 8.87. The van der Waals surface area contributed by atoms with Gasteiger partial charge in [-0.1, -0.05) is 13.3 Å². The maximum atomic E-state index is 4.45. The standard InChI is InChI=1S/C15H28N4/c1-4-9-19(11-14-7-5-6-8-16-14)12-15-10-13(2)17-18(15)3/h10,14,16H,4-9,11-12H2,1-3H3. The molecule has 0 aromatic carbocycles. The van der Waals surface area contributed by atoms with Crippen LogP contribution in [0.25, 0.3) is 0 Å². The molecule has 0 saturated carbocycles. The van der Waals surface area contributed by atoms with E-state index in [2.05, 4.69) is 35.2 Å². The Hall–Kier alpha value is -0.870. The molecule has 1 saturated heterocycles. The average Bonchev–Trinajstić information content (AvgIpc) is 2.69. The van der Waals surface area contributed by atoms with Crippen molar-refractivity contribution in [3.05, 3.63) is 17.5 Å². The third kappa shape index (κ3) is 4.32. The summed E-state index contributed by atoms with van der Waals surface area (Å²) in [6, 6.07) is 2.88. The zero-order valence-corrected chi connectivity index (χ0v) is 12.7. The van der Waals surface area contributed by atoms with Crippen molar-refractivity contribution in [3.63, 3.8) is 0 Å². The Labute approximate surface area is 117 Å². The molecule has 1 unspecified atom stereocenters. The molecule has 1 fully saturated rings. The first-order valence-electron chi connectivity index (χ1n) is 7.64. The second-order valence-corrected chi connectivity index (χ2v) is 5.78. The molecule has 0 amide bonds. The first-order chi connectivity index (χ1) is 9.19. The molecule has 1 aliphatic heterocycles. The highest BCUT2D eigenvalue weighted by atomic mass is 15.3. The molecule has 1 aromatic heterocycles. The van der Waals surface area contributed by atoms with Gasteiger partial charge >= 0.3 is 0 Å². The van der Waals surface area contributed by atoms with E-state index in [4.69, 9.17) is 0 Å². The lowest BCUT2D eigenvalue weighted by Crippen LogP contribution is -2.43. The minimum Gasteiger partial charge on any atom is -0.313 e. The highest BCUT2D eigenvalue weighted by molar-refractivity contribution is 5.08. The van der Waals surface area contributed by atoms with Crippen LogP contribution in [-0.4, -0.2) is 40.4 Å². The second-order valence-electron chi connectivity index (χ2n) is 5.78. The molecule has 1 N–H and O–H groups in total. The summed E-state index contributed by atoms with van der Waals surface area (Å²) in [4.78, 5) is 2.57. The Morgan fingerprint density at radius 3 is 2.89 bits per heavy atom. The van der Waals surface area contributed by atoms with E-state index >= 15 is 0 Å². The van der Waals surface area contributed by atoms with E-state index in [1.807, 2.05) is 11.7 Å². The predicted molar refractivity (Wildman–Crippen MR) is 79.2 cm³/mol. The van der Waals surface area contributed by atoms with Crippen molar-refractivity contribution < 1.29 is 0 Å². The first kappa shape index (κ1) is 14.5. The SMILES string of the molecule is CCCN(Cc1cc(C)nn1C)CC1CCCCN1. The van der Waals surface area contributed by atoms with Gasteiger partial charge in [0, 0.05) is 26.2 Å². The number of nitrogens with zero attached hydrogens (tertiary/aromatic N) is 3. The molecular formula is C15H28N4. The largest absolute Gasteiger partial charge is 0.313 e. The van der Waals surface area contributed by atoms with E-state index in [0.29, 0.717) is 6.04 Å². The van der Waals surface area contributed by atoms with Crippen molar-refractivity contribution in [1.29, 1.82) is 0 Å². The van der Waals surface area contributed by atoms with Crippen LogP contribution in [0.4, 0.5) is 0 Å². The Kier molecular flexibility index (Phi) is 5.40. The van der Waals surface area contributed by atoms with Crippen LogP contribution in [-0.2, 0) is 13.6 Å². The van der Waals surface area contributed by atoms with Gasteiger partial charge in [0.25, 0.3) is 0 Å². The van der Waals surface area contributed by atoms with Crippen LogP contribution in [0.5, 0.6) is 0 Å². The molecule has 19 heavy (non-hydrogen) atoms. The van der Waals surface area contributed by atoms with E-state index in [0.717, 1.165) is 18.8 Å². The van der Waals surface area contributed by atoms with Gasteiger partial charge in [-0.05, 0) is 45.3 Å². The summed E-state index contributed by atoms with van der Waals surface area (Å²) in [5.41, 5.74) is 2.44. The van der Waals surface area contributed by atoms with Gasteiger partial charge in [-0.3, -0.25) is 9.58 Å². The Balaban J connectivity index is 1.93. The minimum absolute atomic E-state index is 0.676. The third-order valence-corrected chi connectivity index (χ3v) is 3.92. The van der Waals surface area contributed by atoms with E-state index in [1.165, 1.54) is 44.5 Å². The maximum Gasteiger partial charge on any atom is 0.0597 e. The molecule has 4 nitrogen and oxygen atoms in total. The molecule has 1 aliphatic rings. The van der Waals surface area contributed by atoms with Crippen LogP contribution in [0.2, 0.25) is 0 Å². The zero-order valence-electron chi connectivity index (χ0n) is 12.7. The topological polar surface area (TPSA) is 33.1 Å². The average molecular weight is 264 g/mol. The molecule has 1 aromatic rings. The van der Waals surface area contributed by atoms with Gasteiger partial charge in [0.05, 0.1) is 11.4 Å². The molecule has 0 radical (unpaired) electrons. The Morgan fingerprint density at radius 1 is 1.47 bits per heavy atom. The number of hydrogen-bond donors (Lipinski definition) is 1. The molecule has 2 heterocycles. The van der Waals surface area contributed by atoms with Crippen LogP contribution in [0, 0.1) is 6.92 Å². The van der Waals surface area contributed by atoms with Gasteiger partial charge in [0.2, 0.25) is 0 Å². The first-order valence-corrected chi connectivity index (χ1v) is 7.64. The van der Waals surface area contributed by atoms with Gasteiger partial charge in [-0.15, -0.1) is 0 Å². The van der Waals surface area contributed by atoms with Crippen LogP contribution < -0.4 is 5.32 Å². The molecule has 0 aliphatic carbocycles. The molecule has 108 valence electrons. The number of piperidine rings is 1. The van der Waals surface area contributed by atoms with Crippen molar-refractivity contribution in [1.82, 2.24) is 20.0 Å². The minimum atomic E-state index is 0.676. The molecular weight excluding hydrogens is 236 g/mol. The highest BCUT2D eigenvalue weighted by Crippen LogP contribution is 2.12. The lowest BCUT2D eigenvalue weighted by atomic mass is 10.0. The Morgan fingerprint density at radius 2 is 2.32 bits per heavy atom. The summed E-state index contributed by atoms with van der Waals surface area (Å²) < 4.78 is 2.02. The van der Waals surface area contributed by atoms with Gasteiger partial charge in [-0.2, -0.15) is 5.10 Å². The highest BCUT2D eigenvalue weighted by Gasteiger charge is 2.17. The zero-order chi connectivity index (χ0) is 13.7. The fourth-order valence-electron chi connectivity index (χ4n) is 2.98. The summed E-state index contributed by atoms with van der Waals surface area (Å²) in [5, 5.41) is 8.09. The van der Waals surface area contributed by atoms with Gasteiger partial charge in [0.1, 0.15) is 0 Å². The van der Waals surface area contributed by atoms with Crippen LogP contribution >= 0.6 is 0 Å². The van der Waals surface area contributed by atoms with E-state index in [-0.39, 0.29) is 0 Å². The van der Waals surface area contributed by atoms with E-state index in [1.54, 1.807) is 0 Å². The van der Waals surface area contributed by atoms with Crippen molar-refractivity contribution in [2.75, 3.05) is 19.6 Å². The monoisotopic (exact) mass is 264 g/mol. The fraction of sp³-hybridized carbons (Fsp3) is 0.800. The fourth-order valence-corrected chi connectivity index (χ4v) is 2.98.